The van der Waals surface area contributed by atoms with Crippen LogP contribution in [0.15, 0.2) is 0 Å². The zero-order valence-electron chi connectivity index (χ0n) is 15.9. The maximum absolute atomic E-state index is 6.61. The van der Waals surface area contributed by atoms with E-state index in [-0.39, 0.29) is 22.3 Å². The molecular weight excluding hydrogens is 294 g/mol. The van der Waals surface area contributed by atoms with Gasteiger partial charge < -0.3 is 14.2 Å². The van der Waals surface area contributed by atoms with Crippen LogP contribution in [0, 0.1) is 0 Å². The number of hydrogen-bond donors (Lipinski definition) is 1. The molecule has 126 valence electrons. The Kier molecular flexibility index (Phi) is 5.60. The molecule has 1 N–H and O–H groups in total. The third-order valence-corrected chi connectivity index (χ3v) is 14.6. The van der Waals surface area contributed by atoms with Gasteiger partial charge in [-0.05, 0) is 36.3 Å². The first kappa shape index (κ1) is 19.4. The van der Waals surface area contributed by atoms with Crippen molar-refractivity contribution in [3.63, 3.8) is 0 Å². The largest absolute Gasteiger partial charge is 0.410 e. The Morgan fingerprint density at radius 2 is 1.00 bits per heavy atom. The summed E-state index contributed by atoms with van der Waals surface area (Å²) in [6.45, 7) is 24.9. The third-order valence-electron chi connectivity index (χ3n) is 5.61. The first-order chi connectivity index (χ1) is 9.17. The van der Waals surface area contributed by atoms with Gasteiger partial charge in [-0.15, -0.1) is 0 Å². The van der Waals surface area contributed by atoms with E-state index in [1.807, 2.05) is 0 Å². The first-order valence-electron chi connectivity index (χ1n) is 8.24. The molecule has 5 heteroatoms. The second-order valence-corrected chi connectivity index (χ2v) is 19.0. The van der Waals surface area contributed by atoms with Crippen LogP contribution in [-0.2, 0) is 8.85 Å². The van der Waals surface area contributed by atoms with Crippen molar-refractivity contribution >= 4 is 16.6 Å². The van der Waals surface area contributed by atoms with E-state index in [1.165, 1.54) is 0 Å². The van der Waals surface area contributed by atoms with Gasteiger partial charge >= 0.3 is 0 Å². The van der Waals surface area contributed by atoms with Crippen molar-refractivity contribution < 1.29 is 8.85 Å². The van der Waals surface area contributed by atoms with Gasteiger partial charge in [-0.1, -0.05) is 41.5 Å². The van der Waals surface area contributed by atoms with Gasteiger partial charge in [0.15, 0.2) is 16.6 Å². The molecule has 3 nitrogen and oxygen atoms in total. The van der Waals surface area contributed by atoms with Crippen LogP contribution in [0.1, 0.15) is 41.5 Å². The van der Waals surface area contributed by atoms with Crippen LogP contribution in [0.3, 0.4) is 0 Å². The molecule has 0 aromatic carbocycles. The van der Waals surface area contributed by atoms with Crippen molar-refractivity contribution in [2.24, 2.45) is 0 Å². The van der Waals surface area contributed by atoms with Crippen LogP contribution >= 0.6 is 0 Å². The molecule has 1 saturated heterocycles. The molecule has 1 aliphatic heterocycles. The van der Waals surface area contributed by atoms with Gasteiger partial charge in [0.1, 0.15) is 0 Å². The lowest BCUT2D eigenvalue weighted by Crippen LogP contribution is -2.51. The molecular formula is C16H37NO2Si2. The third kappa shape index (κ3) is 4.64. The van der Waals surface area contributed by atoms with Gasteiger partial charge in [0.25, 0.3) is 0 Å². The SMILES string of the molecule is CC(C)(C)[Si](C)(C)O[C@H]1CNC[C@@H]1O[Si](C)(C)C(C)(C)C. The second kappa shape index (κ2) is 6.08. The fraction of sp³-hybridized carbons (Fsp3) is 1.00. The van der Waals surface area contributed by atoms with E-state index in [0.717, 1.165) is 13.1 Å². The number of nitrogens with one attached hydrogen (secondary N) is 1. The van der Waals surface area contributed by atoms with Crippen molar-refractivity contribution in [1.82, 2.24) is 5.32 Å². The molecule has 0 aromatic heterocycles. The van der Waals surface area contributed by atoms with Crippen LogP contribution < -0.4 is 5.32 Å². The highest BCUT2D eigenvalue weighted by Gasteiger charge is 2.45. The standard InChI is InChI=1S/C16H37NO2Si2/c1-15(2,3)20(7,8)18-13-11-17-12-14(13)19-21(9,10)16(4,5)6/h13-14,17H,11-12H2,1-10H3/t13-,14-/m0/s1. The van der Waals surface area contributed by atoms with Crippen LogP contribution in [-0.4, -0.2) is 41.9 Å². The van der Waals surface area contributed by atoms with Gasteiger partial charge in [0.2, 0.25) is 0 Å². The number of hydrogen-bond acceptors (Lipinski definition) is 3. The molecule has 0 radical (unpaired) electrons. The minimum atomic E-state index is -1.74. The normalized spacial score (nSPS) is 25.4. The molecule has 1 rings (SSSR count). The fourth-order valence-electron chi connectivity index (χ4n) is 1.98. The summed E-state index contributed by atoms with van der Waals surface area (Å²) in [6.07, 6.45) is 0.417. The molecule has 0 aliphatic carbocycles. The fourth-order valence-corrected chi connectivity index (χ4v) is 4.67. The van der Waals surface area contributed by atoms with E-state index in [2.05, 4.69) is 73.0 Å². The van der Waals surface area contributed by atoms with E-state index in [1.54, 1.807) is 0 Å². The van der Waals surface area contributed by atoms with Crippen molar-refractivity contribution in [2.45, 2.75) is 90.0 Å². The van der Waals surface area contributed by atoms with Crippen molar-refractivity contribution in [3.05, 3.63) is 0 Å². The summed E-state index contributed by atoms with van der Waals surface area (Å²) < 4.78 is 13.2. The summed E-state index contributed by atoms with van der Waals surface area (Å²) >= 11 is 0. The van der Waals surface area contributed by atoms with E-state index in [4.69, 9.17) is 8.85 Å². The lowest BCUT2D eigenvalue weighted by atomic mass is 10.2. The molecule has 21 heavy (non-hydrogen) atoms. The Bertz CT molecular complexity index is 322. The number of rotatable bonds is 4. The Morgan fingerprint density at radius 3 is 1.24 bits per heavy atom. The average molecular weight is 332 g/mol. The van der Waals surface area contributed by atoms with Crippen LogP contribution in [0.5, 0.6) is 0 Å². The molecule has 0 amide bonds. The maximum Gasteiger partial charge on any atom is 0.192 e. The van der Waals surface area contributed by atoms with Gasteiger partial charge in [-0.2, -0.15) is 0 Å². The summed E-state index contributed by atoms with van der Waals surface area (Å²) in [5, 5.41) is 3.96. The Labute approximate surface area is 134 Å². The van der Waals surface area contributed by atoms with Gasteiger partial charge in [0, 0.05) is 13.1 Å². The second-order valence-electron chi connectivity index (χ2n) is 9.49. The lowest BCUT2D eigenvalue weighted by Gasteiger charge is -2.43. The molecule has 1 heterocycles. The van der Waals surface area contributed by atoms with Gasteiger partial charge in [-0.3, -0.25) is 0 Å². The highest BCUT2D eigenvalue weighted by molar-refractivity contribution is 6.74. The molecule has 0 aromatic rings. The topological polar surface area (TPSA) is 30.5 Å². The minimum Gasteiger partial charge on any atom is -0.410 e. The highest BCUT2D eigenvalue weighted by atomic mass is 28.4. The van der Waals surface area contributed by atoms with E-state index in [9.17, 15) is 0 Å². The summed E-state index contributed by atoms with van der Waals surface area (Å²) in [4.78, 5) is 0. The summed E-state index contributed by atoms with van der Waals surface area (Å²) in [7, 11) is -3.48. The Morgan fingerprint density at radius 1 is 0.714 bits per heavy atom. The van der Waals surface area contributed by atoms with Gasteiger partial charge in [0.05, 0.1) is 12.2 Å². The highest BCUT2D eigenvalue weighted by Crippen LogP contribution is 2.40. The average Bonchev–Trinajstić information content (AvgIpc) is 2.60. The predicted octanol–water partition coefficient (Wildman–Crippen LogP) is 4.37. The maximum atomic E-state index is 6.61. The molecule has 0 bridgehead atoms. The zero-order valence-corrected chi connectivity index (χ0v) is 17.9. The van der Waals surface area contributed by atoms with Crippen LogP contribution in [0.25, 0.3) is 0 Å². The molecule has 0 saturated carbocycles. The summed E-state index contributed by atoms with van der Waals surface area (Å²) in [5.74, 6) is 0. The van der Waals surface area contributed by atoms with Crippen molar-refractivity contribution in [2.75, 3.05) is 13.1 Å². The molecule has 1 fully saturated rings. The molecule has 0 unspecified atom stereocenters. The smallest absolute Gasteiger partial charge is 0.192 e. The monoisotopic (exact) mass is 331 g/mol. The van der Waals surface area contributed by atoms with Gasteiger partial charge in [-0.25, -0.2) is 0 Å². The summed E-state index contributed by atoms with van der Waals surface area (Å²) in [6, 6.07) is 0. The Balaban J connectivity index is 2.78. The molecule has 2 atom stereocenters. The molecule has 0 spiro atoms. The van der Waals surface area contributed by atoms with Crippen LogP contribution in [0.4, 0.5) is 0 Å². The predicted molar refractivity (Wildman–Crippen MR) is 97.0 cm³/mol. The van der Waals surface area contributed by atoms with E-state index in [0.29, 0.717) is 0 Å². The Hall–Kier alpha value is 0.314. The lowest BCUT2D eigenvalue weighted by molar-refractivity contribution is 0.0713. The quantitative estimate of drug-likeness (QED) is 0.776. The molecule has 1 aliphatic rings. The summed E-state index contributed by atoms with van der Waals surface area (Å²) in [5.41, 5.74) is 0. The minimum absolute atomic E-state index is 0.208. The van der Waals surface area contributed by atoms with E-state index < -0.39 is 16.6 Å². The first-order valence-corrected chi connectivity index (χ1v) is 14.1. The van der Waals surface area contributed by atoms with E-state index >= 15 is 0 Å². The van der Waals surface area contributed by atoms with Crippen LogP contribution in [0.2, 0.25) is 36.3 Å². The zero-order chi connectivity index (χ0) is 16.7. The van der Waals surface area contributed by atoms with Crippen molar-refractivity contribution in [1.29, 1.82) is 0 Å². The van der Waals surface area contributed by atoms with Crippen molar-refractivity contribution in [3.8, 4) is 0 Å².